The molecule has 1 heterocycles. The van der Waals surface area contributed by atoms with Crippen molar-refractivity contribution in [1.29, 1.82) is 0 Å². The van der Waals surface area contributed by atoms with Crippen molar-refractivity contribution in [1.82, 2.24) is 5.32 Å². The van der Waals surface area contributed by atoms with Crippen molar-refractivity contribution in [3.8, 4) is 16.9 Å². The lowest BCUT2D eigenvalue weighted by Crippen LogP contribution is -2.23. The van der Waals surface area contributed by atoms with Crippen LogP contribution in [0.2, 0.25) is 0 Å². The van der Waals surface area contributed by atoms with Crippen molar-refractivity contribution >= 4 is 12.4 Å². The molecule has 0 fully saturated rings. The van der Waals surface area contributed by atoms with E-state index < -0.39 is 0 Å². The molecule has 2 nitrogen and oxygen atoms in total. The Morgan fingerprint density at radius 1 is 0.923 bits per heavy atom. The molecule has 0 aliphatic carbocycles. The summed E-state index contributed by atoms with van der Waals surface area (Å²) in [6, 6.07) is 23.5. The van der Waals surface area contributed by atoms with Gasteiger partial charge >= 0.3 is 0 Å². The molecule has 0 bridgehead atoms. The Labute approximate surface area is 161 Å². The molecule has 0 aromatic heterocycles. The van der Waals surface area contributed by atoms with Gasteiger partial charge in [0.1, 0.15) is 12.4 Å². The summed E-state index contributed by atoms with van der Waals surface area (Å²) in [5.41, 5.74) is 7.85. The summed E-state index contributed by atoms with van der Waals surface area (Å²) >= 11 is 0. The minimum absolute atomic E-state index is 0. The van der Waals surface area contributed by atoms with E-state index in [0.29, 0.717) is 6.61 Å². The second-order valence-electron chi connectivity index (χ2n) is 6.60. The molecule has 0 radical (unpaired) electrons. The highest BCUT2D eigenvalue weighted by atomic mass is 35.5. The first-order valence-electron chi connectivity index (χ1n) is 8.90. The predicted octanol–water partition coefficient (Wildman–Crippen LogP) is 5.31. The van der Waals surface area contributed by atoms with Gasteiger partial charge in [-0.1, -0.05) is 54.6 Å². The third kappa shape index (κ3) is 3.92. The van der Waals surface area contributed by atoms with Gasteiger partial charge in [0.2, 0.25) is 0 Å². The predicted molar refractivity (Wildman–Crippen MR) is 110 cm³/mol. The van der Waals surface area contributed by atoms with E-state index in [-0.39, 0.29) is 12.4 Å². The molecule has 1 aliphatic heterocycles. The van der Waals surface area contributed by atoms with Crippen LogP contribution in [0.15, 0.2) is 66.7 Å². The van der Waals surface area contributed by atoms with E-state index in [1.165, 1.54) is 33.4 Å². The molecule has 0 saturated heterocycles. The van der Waals surface area contributed by atoms with Crippen molar-refractivity contribution in [2.45, 2.75) is 26.5 Å². The van der Waals surface area contributed by atoms with Gasteiger partial charge in [-0.15, -0.1) is 12.4 Å². The molecular formula is C23H24ClNO. The first-order chi connectivity index (χ1) is 12.3. The molecule has 3 heteroatoms. The summed E-state index contributed by atoms with van der Waals surface area (Å²) < 4.78 is 6.11. The minimum atomic E-state index is 0. The smallest absolute Gasteiger partial charge is 0.120 e. The molecule has 134 valence electrons. The Morgan fingerprint density at radius 2 is 1.77 bits per heavy atom. The van der Waals surface area contributed by atoms with Crippen LogP contribution in [0.5, 0.6) is 5.75 Å². The fourth-order valence-corrected chi connectivity index (χ4v) is 3.47. The van der Waals surface area contributed by atoms with Crippen LogP contribution in [0.4, 0.5) is 0 Å². The van der Waals surface area contributed by atoms with Gasteiger partial charge in [-0.3, -0.25) is 0 Å². The second kappa shape index (κ2) is 8.39. The van der Waals surface area contributed by atoms with Crippen LogP contribution in [0.1, 0.15) is 22.3 Å². The maximum absolute atomic E-state index is 6.11. The molecule has 1 N–H and O–H groups in total. The highest BCUT2D eigenvalue weighted by Gasteiger charge is 2.10. The van der Waals surface area contributed by atoms with Crippen LogP contribution < -0.4 is 10.1 Å². The summed E-state index contributed by atoms with van der Waals surface area (Å²) in [6.07, 6.45) is 1.08. The Balaban J connectivity index is 0.00000196. The Bertz CT molecular complexity index is 877. The van der Waals surface area contributed by atoms with Crippen LogP contribution in [0.3, 0.4) is 0 Å². The topological polar surface area (TPSA) is 21.3 Å². The van der Waals surface area contributed by atoms with E-state index in [2.05, 4.69) is 79.0 Å². The first kappa shape index (κ1) is 18.5. The van der Waals surface area contributed by atoms with Gasteiger partial charge in [0.15, 0.2) is 0 Å². The number of hydrogen-bond acceptors (Lipinski definition) is 2. The van der Waals surface area contributed by atoms with E-state index in [1.54, 1.807) is 0 Å². The largest absolute Gasteiger partial charge is 0.489 e. The molecule has 0 unspecified atom stereocenters. The molecular weight excluding hydrogens is 342 g/mol. The van der Waals surface area contributed by atoms with Gasteiger partial charge in [-0.25, -0.2) is 0 Å². The van der Waals surface area contributed by atoms with E-state index >= 15 is 0 Å². The van der Waals surface area contributed by atoms with Crippen molar-refractivity contribution in [3.63, 3.8) is 0 Å². The zero-order chi connectivity index (χ0) is 17.1. The fourth-order valence-electron chi connectivity index (χ4n) is 3.47. The van der Waals surface area contributed by atoms with Crippen LogP contribution in [-0.2, 0) is 19.6 Å². The third-order valence-corrected chi connectivity index (χ3v) is 4.99. The molecule has 0 saturated carbocycles. The molecule has 26 heavy (non-hydrogen) atoms. The normalized spacial score (nSPS) is 12.8. The fraction of sp³-hybridized carbons (Fsp3) is 0.217. The number of halogens is 1. The number of benzene rings is 3. The third-order valence-electron chi connectivity index (χ3n) is 4.99. The van der Waals surface area contributed by atoms with Crippen LogP contribution in [0.25, 0.3) is 11.1 Å². The SMILES string of the molecule is Cc1c(COc2ccc3c(c2)CCNC3)cccc1-c1ccccc1.Cl. The van der Waals surface area contributed by atoms with Gasteiger partial charge in [0.25, 0.3) is 0 Å². The number of fused-ring (bicyclic) bond motifs is 1. The van der Waals surface area contributed by atoms with Crippen LogP contribution in [-0.4, -0.2) is 6.54 Å². The standard InChI is InChI=1S/C23H23NO.ClH/c1-17-21(8-5-9-23(17)18-6-3-2-4-7-18)16-25-22-11-10-20-15-24-13-12-19(20)14-22;/h2-11,14,24H,12-13,15-16H2,1H3;1H. The monoisotopic (exact) mass is 365 g/mol. The van der Waals surface area contributed by atoms with E-state index in [4.69, 9.17) is 4.74 Å². The maximum Gasteiger partial charge on any atom is 0.120 e. The van der Waals surface area contributed by atoms with Gasteiger partial charge in [-0.2, -0.15) is 0 Å². The van der Waals surface area contributed by atoms with Crippen molar-refractivity contribution < 1.29 is 4.74 Å². The summed E-state index contributed by atoms with van der Waals surface area (Å²) in [5.74, 6) is 0.963. The number of hydrogen-bond donors (Lipinski definition) is 1. The molecule has 0 atom stereocenters. The summed E-state index contributed by atoms with van der Waals surface area (Å²) in [4.78, 5) is 0. The molecule has 3 aromatic rings. The van der Waals surface area contributed by atoms with Gasteiger partial charge in [0, 0.05) is 6.54 Å². The Hall–Kier alpha value is -2.29. The average Bonchev–Trinajstić information content (AvgIpc) is 2.68. The van der Waals surface area contributed by atoms with E-state index in [9.17, 15) is 0 Å². The molecule has 1 aliphatic rings. The van der Waals surface area contributed by atoms with Gasteiger partial charge in [-0.05, 0) is 65.4 Å². The van der Waals surface area contributed by atoms with Crippen molar-refractivity contribution in [2.24, 2.45) is 0 Å². The van der Waals surface area contributed by atoms with Crippen molar-refractivity contribution in [2.75, 3.05) is 6.54 Å². The quantitative estimate of drug-likeness (QED) is 0.676. The first-order valence-corrected chi connectivity index (χ1v) is 8.90. The molecule has 0 spiro atoms. The molecule has 4 rings (SSSR count). The number of nitrogens with one attached hydrogen (secondary N) is 1. The lowest BCUT2D eigenvalue weighted by atomic mass is 9.97. The zero-order valence-electron chi connectivity index (χ0n) is 15.0. The van der Waals surface area contributed by atoms with E-state index in [1.807, 2.05) is 0 Å². The molecule has 3 aromatic carbocycles. The Kier molecular flexibility index (Phi) is 5.97. The highest BCUT2D eigenvalue weighted by molar-refractivity contribution is 5.85. The molecule has 0 amide bonds. The second-order valence-corrected chi connectivity index (χ2v) is 6.60. The van der Waals surface area contributed by atoms with Gasteiger partial charge in [0.05, 0.1) is 0 Å². The van der Waals surface area contributed by atoms with Crippen LogP contribution >= 0.6 is 12.4 Å². The number of rotatable bonds is 4. The summed E-state index contributed by atoms with van der Waals surface area (Å²) in [7, 11) is 0. The van der Waals surface area contributed by atoms with Crippen molar-refractivity contribution in [3.05, 3.63) is 89.0 Å². The highest BCUT2D eigenvalue weighted by Crippen LogP contribution is 2.27. The number of ether oxygens (including phenoxy) is 1. The van der Waals surface area contributed by atoms with E-state index in [0.717, 1.165) is 25.3 Å². The lowest BCUT2D eigenvalue weighted by Gasteiger charge is -2.18. The maximum atomic E-state index is 6.11. The lowest BCUT2D eigenvalue weighted by molar-refractivity contribution is 0.305. The zero-order valence-corrected chi connectivity index (χ0v) is 15.8. The van der Waals surface area contributed by atoms with Gasteiger partial charge < -0.3 is 10.1 Å². The average molecular weight is 366 g/mol. The van der Waals surface area contributed by atoms with Crippen LogP contribution in [0, 0.1) is 6.92 Å². The summed E-state index contributed by atoms with van der Waals surface area (Å²) in [5, 5.41) is 3.41. The summed E-state index contributed by atoms with van der Waals surface area (Å²) in [6.45, 7) is 4.80. The Morgan fingerprint density at radius 3 is 2.62 bits per heavy atom. The minimum Gasteiger partial charge on any atom is -0.489 e.